The fourth-order valence-electron chi connectivity index (χ4n) is 2.42. The van der Waals surface area contributed by atoms with Gasteiger partial charge in [-0.3, -0.25) is 4.79 Å². The first-order valence-electron chi connectivity index (χ1n) is 7.05. The quantitative estimate of drug-likeness (QED) is 0.846. The van der Waals surface area contributed by atoms with Crippen LogP contribution in [0.15, 0.2) is 24.3 Å². The fourth-order valence-corrected chi connectivity index (χ4v) is 2.42. The number of hydrogen-bond acceptors (Lipinski definition) is 3. The molecule has 0 bridgehead atoms. The Balaban J connectivity index is 2.15. The van der Waals surface area contributed by atoms with E-state index >= 15 is 0 Å². The molecule has 1 aliphatic heterocycles. The Hall–Kier alpha value is -1.86. The first-order chi connectivity index (χ1) is 9.72. The average Bonchev–Trinajstić information content (AvgIpc) is 2.50. The molecule has 0 N–H and O–H groups in total. The third-order valence-electron chi connectivity index (χ3n) is 3.63. The molecule has 0 aromatic heterocycles. The maximum atomic E-state index is 12.7. The van der Waals surface area contributed by atoms with Crippen molar-refractivity contribution in [2.75, 3.05) is 24.7 Å². The van der Waals surface area contributed by atoms with Gasteiger partial charge in [0.25, 0.3) is 0 Å². The molecule has 1 amide bonds. The lowest BCUT2D eigenvalue weighted by atomic mass is 9.98. The Kier molecular flexibility index (Phi) is 5.14. The van der Waals surface area contributed by atoms with Gasteiger partial charge in [-0.2, -0.15) is 5.26 Å². The third-order valence-corrected chi connectivity index (χ3v) is 3.63. The summed E-state index contributed by atoms with van der Waals surface area (Å²) in [5, 5.41) is 8.79. The number of hydrogen-bond donors (Lipinski definition) is 0. The molecule has 1 heterocycles. The summed E-state index contributed by atoms with van der Waals surface area (Å²) in [4.78, 5) is 14.4. The second-order valence-electron chi connectivity index (χ2n) is 5.12. The van der Waals surface area contributed by atoms with E-state index in [2.05, 4.69) is 6.07 Å². The molecule has 1 fully saturated rings. The number of nitrogens with zero attached hydrogens (tertiary/aromatic N) is 2. The standard InChI is InChI=1S/C16H20N2O2/c1-13-3-5-15(6-4-13)18(10-2-9-17)16(19)14-7-11-20-12-8-14/h3-6,14H,2,7-8,10-12H2,1H3. The second-order valence-corrected chi connectivity index (χ2v) is 5.12. The Morgan fingerprint density at radius 2 is 2.00 bits per heavy atom. The number of nitriles is 1. The monoisotopic (exact) mass is 272 g/mol. The minimum Gasteiger partial charge on any atom is -0.381 e. The summed E-state index contributed by atoms with van der Waals surface area (Å²) in [6, 6.07) is 10.00. The normalized spacial score (nSPS) is 15.6. The van der Waals surface area contributed by atoms with Gasteiger partial charge in [-0.1, -0.05) is 17.7 Å². The van der Waals surface area contributed by atoms with E-state index in [1.165, 1.54) is 0 Å². The van der Waals surface area contributed by atoms with Gasteiger partial charge in [0.1, 0.15) is 0 Å². The van der Waals surface area contributed by atoms with Crippen molar-refractivity contribution in [3.05, 3.63) is 29.8 Å². The van der Waals surface area contributed by atoms with Crippen molar-refractivity contribution >= 4 is 11.6 Å². The van der Waals surface area contributed by atoms with E-state index in [4.69, 9.17) is 10.00 Å². The SMILES string of the molecule is Cc1ccc(N(CCC#N)C(=O)C2CCOCC2)cc1. The Morgan fingerprint density at radius 3 is 2.60 bits per heavy atom. The van der Waals surface area contributed by atoms with Gasteiger partial charge in [0, 0.05) is 31.4 Å². The molecular formula is C16H20N2O2. The van der Waals surface area contributed by atoms with Crippen LogP contribution in [-0.2, 0) is 9.53 Å². The summed E-state index contributed by atoms with van der Waals surface area (Å²) in [7, 11) is 0. The average molecular weight is 272 g/mol. The summed E-state index contributed by atoms with van der Waals surface area (Å²) < 4.78 is 5.31. The molecule has 0 saturated carbocycles. The van der Waals surface area contributed by atoms with Crippen LogP contribution in [0.25, 0.3) is 0 Å². The molecule has 0 radical (unpaired) electrons. The van der Waals surface area contributed by atoms with Gasteiger partial charge in [0.2, 0.25) is 5.91 Å². The van der Waals surface area contributed by atoms with Gasteiger partial charge in [-0.15, -0.1) is 0 Å². The van der Waals surface area contributed by atoms with Gasteiger partial charge in [0.05, 0.1) is 12.5 Å². The number of carbonyl (C=O) groups is 1. The number of anilines is 1. The zero-order valence-electron chi connectivity index (χ0n) is 11.8. The van der Waals surface area contributed by atoms with Crippen LogP contribution in [0.1, 0.15) is 24.8 Å². The van der Waals surface area contributed by atoms with E-state index in [1.807, 2.05) is 31.2 Å². The van der Waals surface area contributed by atoms with Crippen LogP contribution in [0.4, 0.5) is 5.69 Å². The number of aryl methyl sites for hydroxylation is 1. The van der Waals surface area contributed by atoms with E-state index in [9.17, 15) is 4.79 Å². The molecule has 1 saturated heterocycles. The van der Waals surface area contributed by atoms with Crippen LogP contribution >= 0.6 is 0 Å². The van der Waals surface area contributed by atoms with Gasteiger partial charge in [0.15, 0.2) is 0 Å². The van der Waals surface area contributed by atoms with Crippen molar-refractivity contribution < 1.29 is 9.53 Å². The van der Waals surface area contributed by atoms with Crippen LogP contribution in [0, 0.1) is 24.2 Å². The zero-order chi connectivity index (χ0) is 14.4. The predicted octanol–water partition coefficient (Wildman–Crippen LogP) is 2.67. The third kappa shape index (κ3) is 3.58. The molecular weight excluding hydrogens is 252 g/mol. The largest absolute Gasteiger partial charge is 0.381 e. The van der Waals surface area contributed by atoms with E-state index in [-0.39, 0.29) is 11.8 Å². The van der Waals surface area contributed by atoms with Crippen molar-refractivity contribution in [3.8, 4) is 6.07 Å². The first kappa shape index (κ1) is 14.5. The highest BCUT2D eigenvalue weighted by Gasteiger charge is 2.27. The highest BCUT2D eigenvalue weighted by Crippen LogP contribution is 2.23. The maximum absolute atomic E-state index is 12.7. The van der Waals surface area contributed by atoms with Gasteiger partial charge >= 0.3 is 0 Å². The van der Waals surface area contributed by atoms with Crippen molar-refractivity contribution in [3.63, 3.8) is 0 Å². The summed E-state index contributed by atoms with van der Waals surface area (Å²) in [6.45, 7) is 3.77. The van der Waals surface area contributed by atoms with Crippen molar-refractivity contribution in [2.45, 2.75) is 26.2 Å². The van der Waals surface area contributed by atoms with E-state index < -0.39 is 0 Å². The number of carbonyl (C=O) groups excluding carboxylic acids is 1. The zero-order valence-corrected chi connectivity index (χ0v) is 11.8. The van der Waals surface area contributed by atoms with Crippen LogP contribution in [0.2, 0.25) is 0 Å². The van der Waals surface area contributed by atoms with Crippen LogP contribution in [-0.4, -0.2) is 25.7 Å². The van der Waals surface area contributed by atoms with Gasteiger partial charge < -0.3 is 9.64 Å². The Labute approximate surface area is 120 Å². The number of ether oxygens (including phenoxy) is 1. The lowest BCUT2D eigenvalue weighted by molar-refractivity contribution is -0.125. The highest BCUT2D eigenvalue weighted by atomic mass is 16.5. The fraction of sp³-hybridized carbons (Fsp3) is 0.500. The van der Waals surface area contributed by atoms with Gasteiger partial charge in [-0.05, 0) is 31.9 Å². The summed E-state index contributed by atoms with van der Waals surface area (Å²) >= 11 is 0. The van der Waals surface area contributed by atoms with E-state index in [0.717, 1.165) is 24.1 Å². The van der Waals surface area contributed by atoms with Crippen LogP contribution < -0.4 is 4.90 Å². The lowest BCUT2D eigenvalue weighted by Crippen LogP contribution is -2.39. The maximum Gasteiger partial charge on any atom is 0.230 e. The summed E-state index contributed by atoms with van der Waals surface area (Å²) in [6.07, 6.45) is 1.89. The van der Waals surface area contributed by atoms with Crippen molar-refractivity contribution in [2.24, 2.45) is 5.92 Å². The van der Waals surface area contributed by atoms with E-state index in [1.54, 1.807) is 4.90 Å². The molecule has 1 aromatic carbocycles. The topological polar surface area (TPSA) is 53.3 Å². The van der Waals surface area contributed by atoms with Crippen molar-refractivity contribution in [1.29, 1.82) is 5.26 Å². The van der Waals surface area contributed by atoms with Gasteiger partial charge in [-0.25, -0.2) is 0 Å². The molecule has 4 heteroatoms. The van der Waals surface area contributed by atoms with Crippen LogP contribution in [0.3, 0.4) is 0 Å². The highest BCUT2D eigenvalue weighted by molar-refractivity contribution is 5.95. The molecule has 0 spiro atoms. The molecule has 2 rings (SSSR count). The second kappa shape index (κ2) is 7.06. The Bertz CT molecular complexity index is 484. The minimum atomic E-state index is 0.0174. The van der Waals surface area contributed by atoms with E-state index in [0.29, 0.717) is 26.2 Å². The molecule has 20 heavy (non-hydrogen) atoms. The predicted molar refractivity (Wildman–Crippen MR) is 77.3 cm³/mol. The minimum absolute atomic E-state index is 0.0174. The van der Waals surface area contributed by atoms with Crippen molar-refractivity contribution in [1.82, 2.24) is 0 Å². The molecule has 106 valence electrons. The molecule has 1 aliphatic rings. The molecule has 0 aliphatic carbocycles. The number of amides is 1. The van der Waals surface area contributed by atoms with Crippen LogP contribution in [0.5, 0.6) is 0 Å². The first-order valence-corrected chi connectivity index (χ1v) is 7.05. The smallest absolute Gasteiger partial charge is 0.230 e. The molecule has 4 nitrogen and oxygen atoms in total. The molecule has 0 unspecified atom stereocenters. The molecule has 1 aromatic rings. The number of rotatable bonds is 4. The number of benzene rings is 1. The summed E-state index contributed by atoms with van der Waals surface area (Å²) in [5.74, 6) is 0.135. The molecule has 0 atom stereocenters. The lowest BCUT2D eigenvalue weighted by Gasteiger charge is -2.29. The summed E-state index contributed by atoms with van der Waals surface area (Å²) in [5.41, 5.74) is 2.04. The Morgan fingerprint density at radius 1 is 1.35 bits per heavy atom.